The number of aromatic nitrogens is 5. The molecular formula is C22H17ClF7N7O2S. The molecule has 40 heavy (non-hydrogen) atoms. The summed E-state index contributed by atoms with van der Waals surface area (Å²) in [5.41, 5.74) is 2.00. The molecule has 0 fully saturated rings. The second kappa shape index (κ2) is 10.3. The molecule has 18 heteroatoms. The van der Waals surface area contributed by atoms with Crippen molar-refractivity contribution in [3.8, 4) is 11.1 Å². The van der Waals surface area contributed by atoms with Crippen molar-refractivity contribution in [1.29, 1.82) is 0 Å². The van der Waals surface area contributed by atoms with Gasteiger partial charge in [-0.3, -0.25) is 14.3 Å². The molecule has 2 amide bonds. The summed E-state index contributed by atoms with van der Waals surface area (Å²) in [4.78, 5) is 28.4. The zero-order valence-electron chi connectivity index (χ0n) is 20.4. The number of aryl methyl sites for hydroxylation is 1. The number of hydrogen-bond donors (Lipinski definition) is 2. The molecule has 3 N–H and O–H groups in total. The van der Waals surface area contributed by atoms with Crippen molar-refractivity contribution in [3.63, 3.8) is 0 Å². The van der Waals surface area contributed by atoms with Gasteiger partial charge in [-0.15, -0.1) is 11.3 Å². The Kier molecular flexibility index (Phi) is 7.57. The molecule has 0 radical (unpaired) electrons. The molecule has 1 unspecified atom stereocenters. The summed E-state index contributed by atoms with van der Waals surface area (Å²) < 4.78 is 96.7. The summed E-state index contributed by atoms with van der Waals surface area (Å²) >= 11 is 6.13. The highest BCUT2D eigenvalue weighted by atomic mass is 35.5. The Morgan fingerprint density at radius 1 is 1.15 bits per heavy atom. The Labute approximate surface area is 228 Å². The smallest absolute Gasteiger partial charge is 0.365 e. The summed E-state index contributed by atoms with van der Waals surface area (Å²) in [6.07, 6.45) is -10.3. The van der Waals surface area contributed by atoms with Crippen LogP contribution in [0.5, 0.6) is 0 Å². The Hall–Kier alpha value is -3.73. The number of hydrogen-bond acceptors (Lipinski definition) is 6. The van der Waals surface area contributed by atoms with Gasteiger partial charge in [-0.25, -0.2) is 27.2 Å². The van der Waals surface area contributed by atoms with Gasteiger partial charge in [0.1, 0.15) is 32.8 Å². The molecule has 214 valence electrons. The summed E-state index contributed by atoms with van der Waals surface area (Å²) in [6.45, 7) is 2.61. The van der Waals surface area contributed by atoms with Crippen molar-refractivity contribution < 1.29 is 40.3 Å². The maximum absolute atomic E-state index is 13.7. The molecule has 4 aromatic heterocycles. The zero-order chi connectivity index (χ0) is 29.8. The molecule has 0 saturated carbocycles. The fourth-order valence-electron chi connectivity index (χ4n) is 3.93. The third kappa shape index (κ3) is 4.98. The molecule has 4 aromatic rings. The number of thiophene rings is 1. The summed E-state index contributed by atoms with van der Waals surface area (Å²) in [5.74, 6) is -2.28. The number of alkyl halides is 7. The maximum atomic E-state index is 13.7. The molecule has 0 aliphatic heterocycles. The number of anilines is 1. The molecule has 0 saturated heterocycles. The molecule has 4 heterocycles. The minimum atomic E-state index is -4.89. The fraction of sp³-hybridized carbons (Fsp3) is 0.318. The maximum Gasteiger partial charge on any atom is 0.433 e. The highest BCUT2D eigenvalue weighted by Gasteiger charge is 2.36. The largest absolute Gasteiger partial charge is 0.433 e. The fourth-order valence-corrected chi connectivity index (χ4v) is 5.22. The second-order valence-electron chi connectivity index (χ2n) is 8.47. The van der Waals surface area contributed by atoms with Crippen LogP contribution in [-0.2, 0) is 18.0 Å². The summed E-state index contributed by atoms with van der Waals surface area (Å²) in [7, 11) is 1.54. The molecule has 0 bridgehead atoms. The molecule has 4 rings (SSSR count). The molecule has 0 aliphatic rings. The zero-order valence-corrected chi connectivity index (χ0v) is 22.0. The van der Waals surface area contributed by atoms with Gasteiger partial charge in [-0.1, -0.05) is 11.6 Å². The standard InChI is InChI=1S/C22H17ClF7N7O2S/c1-6-9(5-32-36(6)3)8-4-10(22(28,29)30)33-21-11(8)13(16(40-21)19(31)38)34-20(39)7(2)37-15(18(26)27)12(23)14(35-37)17(24)25/h4-5,7,17-18H,1-3H3,(H2,31,38)(H,34,39). The van der Waals surface area contributed by atoms with Gasteiger partial charge < -0.3 is 11.1 Å². The van der Waals surface area contributed by atoms with Crippen LogP contribution in [0.1, 0.15) is 58.3 Å². The summed E-state index contributed by atoms with van der Waals surface area (Å²) in [6, 6.07) is -0.990. The van der Waals surface area contributed by atoms with Gasteiger partial charge in [0, 0.05) is 23.7 Å². The molecule has 0 aromatic carbocycles. The minimum absolute atomic E-state index is 0.106. The van der Waals surface area contributed by atoms with E-state index in [9.17, 15) is 40.3 Å². The van der Waals surface area contributed by atoms with Crippen molar-refractivity contribution in [3.05, 3.63) is 44.9 Å². The predicted octanol–water partition coefficient (Wildman–Crippen LogP) is 6.05. The van der Waals surface area contributed by atoms with E-state index in [0.717, 1.165) is 6.92 Å². The van der Waals surface area contributed by atoms with Gasteiger partial charge >= 0.3 is 6.18 Å². The number of carbonyl (C=O) groups excluding carboxylic acids is 2. The van der Waals surface area contributed by atoms with Crippen LogP contribution >= 0.6 is 22.9 Å². The van der Waals surface area contributed by atoms with E-state index in [1.807, 2.05) is 0 Å². The first-order valence-electron chi connectivity index (χ1n) is 11.0. The molecular weight excluding hydrogens is 595 g/mol. The van der Waals surface area contributed by atoms with Crippen molar-refractivity contribution in [2.75, 3.05) is 5.32 Å². The van der Waals surface area contributed by atoms with Crippen LogP contribution in [0.4, 0.5) is 36.4 Å². The van der Waals surface area contributed by atoms with E-state index in [2.05, 4.69) is 20.5 Å². The van der Waals surface area contributed by atoms with Crippen LogP contribution in [0, 0.1) is 6.92 Å². The number of rotatable bonds is 7. The minimum Gasteiger partial charge on any atom is -0.365 e. The van der Waals surface area contributed by atoms with Gasteiger partial charge in [-0.2, -0.15) is 23.4 Å². The monoisotopic (exact) mass is 611 g/mol. The van der Waals surface area contributed by atoms with E-state index >= 15 is 0 Å². The molecule has 0 spiro atoms. The van der Waals surface area contributed by atoms with Crippen LogP contribution in [0.15, 0.2) is 12.3 Å². The van der Waals surface area contributed by atoms with Crippen LogP contribution in [0.3, 0.4) is 0 Å². The molecule has 9 nitrogen and oxygen atoms in total. The Morgan fingerprint density at radius 3 is 2.30 bits per heavy atom. The SMILES string of the molecule is Cc1c(-c2cc(C(F)(F)F)nc3sc(C(N)=O)c(NC(=O)C(C)n4nc(C(F)F)c(Cl)c4C(F)F)c23)cnn1C. The van der Waals surface area contributed by atoms with Crippen molar-refractivity contribution >= 4 is 50.7 Å². The van der Waals surface area contributed by atoms with Crippen molar-refractivity contribution in [2.45, 2.75) is 38.9 Å². The van der Waals surface area contributed by atoms with Crippen molar-refractivity contribution in [1.82, 2.24) is 24.5 Å². The lowest BCUT2D eigenvalue weighted by molar-refractivity contribution is -0.140. The average molecular weight is 612 g/mol. The number of nitrogens with one attached hydrogen (secondary N) is 1. The highest BCUT2D eigenvalue weighted by molar-refractivity contribution is 7.21. The van der Waals surface area contributed by atoms with E-state index in [4.69, 9.17) is 17.3 Å². The second-order valence-corrected chi connectivity index (χ2v) is 9.84. The van der Waals surface area contributed by atoms with E-state index in [0.29, 0.717) is 27.8 Å². The quantitative estimate of drug-likeness (QED) is 0.247. The van der Waals surface area contributed by atoms with Crippen LogP contribution in [0.2, 0.25) is 5.02 Å². The van der Waals surface area contributed by atoms with Gasteiger partial charge in [-0.05, 0) is 25.5 Å². The van der Waals surface area contributed by atoms with Gasteiger partial charge in [0.2, 0.25) is 5.91 Å². The highest BCUT2D eigenvalue weighted by Crippen LogP contribution is 2.44. The number of carbonyl (C=O) groups is 2. The first-order valence-corrected chi connectivity index (χ1v) is 12.2. The van der Waals surface area contributed by atoms with Gasteiger partial charge in [0.15, 0.2) is 0 Å². The molecule has 1 atom stereocenters. The average Bonchev–Trinajstić information content (AvgIpc) is 3.51. The van der Waals surface area contributed by atoms with E-state index in [-0.39, 0.29) is 27.0 Å². The third-order valence-electron chi connectivity index (χ3n) is 6.02. The van der Waals surface area contributed by atoms with E-state index in [1.54, 1.807) is 6.92 Å². The van der Waals surface area contributed by atoms with Gasteiger partial charge in [0.05, 0.1) is 16.9 Å². The van der Waals surface area contributed by atoms with Crippen LogP contribution < -0.4 is 11.1 Å². The van der Waals surface area contributed by atoms with Gasteiger partial charge in [0.25, 0.3) is 18.8 Å². The number of halogens is 8. The lowest BCUT2D eigenvalue weighted by Gasteiger charge is -2.17. The topological polar surface area (TPSA) is 121 Å². The normalized spacial score (nSPS) is 13.0. The van der Waals surface area contributed by atoms with Crippen LogP contribution in [0.25, 0.3) is 21.3 Å². The number of nitrogens with two attached hydrogens (primary N) is 1. The Morgan fingerprint density at radius 2 is 1.80 bits per heavy atom. The summed E-state index contributed by atoms with van der Waals surface area (Å²) in [5, 5.41) is 8.59. The predicted molar refractivity (Wildman–Crippen MR) is 131 cm³/mol. The number of fused-ring (bicyclic) bond motifs is 1. The van der Waals surface area contributed by atoms with E-state index < -0.39 is 63.9 Å². The first-order chi connectivity index (χ1) is 18.5. The van der Waals surface area contributed by atoms with Crippen LogP contribution in [-0.4, -0.2) is 36.4 Å². The first kappa shape index (κ1) is 29.3. The lowest BCUT2D eigenvalue weighted by Crippen LogP contribution is -2.27. The Bertz CT molecular complexity index is 1640. The molecule has 0 aliphatic carbocycles. The number of primary amides is 1. The number of amides is 2. The third-order valence-corrected chi connectivity index (χ3v) is 7.51. The Balaban J connectivity index is 1.92. The van der Waals surface area contributed by atoms with Crippen molar-refractivity contribution in [2.24, 2.45) is 12.8 Å². The van der Waals surface area contributed by atoms with E-state index in [1.165, 1.54) is 17.9 Å². The number of nitrogens with zero attached hydrogens (tertiary/aromatic N) is 5. The number of pyridine rings is 1. The lowest BCUT2D eigenvalue weighted by atomic mass is 10.0.